The summed E-state index contributed by atoms with van der Waals surface area (Å²) in [4.78, 5) is 38.8. The fourth-order valence-corrected chi connectivity index (χ4v) is 4.02. The molecule has 3 amide bonds. The first kappa shape index (κ1) is 20.1. The summed E-state index contributed by atoms with van der Waals surface area (Å²) in [5, 5.41) is 2.86. The number of hydrogen-bond donors (Lipinski definition) is 1. The van der Waals surface area contributed by atoms with Gasteiger partial charge < -0.3 is 5.32 Å². The molecule has 1 aliphatic heterocycles. The highest BCUT2D eigenvalue weighted by Gasteiger charge is 2.28. The summed E-state index contributed by atoms with van der Waals surface area (Å²) in [6, 6.07) is 14.1. The molecule has 0 atom stereocenters. The second kappa shape index (κ2) is 9.06. The molecule has 1 aliphatic rings. The van der Waals surface area contributed by atoms with E-state index in [2.05, 4.69) is 37.4 Å². The number of carbonyl (C=O) groups excluding carboxylic acids is 3. The molecular formula is C22H24N2O3S. The Bertz CT molecular complexity index is 877. The number of imide groups is 1. The molecule has 1 N–H and O–H groups in total. The van der Waals surface area contributed by atoms with Crippen molar-refractivity contribution in [3.63, 3.8) is 0 Å². The lowest BCUT2D eigenvalue weighted by Crippen LogP contribution is -2.30. The van der Waals surface area contributed by atoms with Crippen molar-refractivity contribution in [2.45, 2.75) is 49.3 Å². The molecule has 6 heteroatoms. The Balaban J connectivity index is 1.47. The normalized spacial score (nSPS) is 13.9. The van der Waals surface area contributed by atoms with Crippen molar-refractivity contribution < 1.29 is 14.4 Å². The molecule has 1 heterocycles. The predicted octanol–water partition coefficient (Wildman–Crippen LogP) is 4.32. The molecule has 0 aromatic heterocycles. The number of likely N-dealkylation sites (tertiary alicyclic amines) is 1. The van der Waals surface area contributed by atoms with Gasteiger partial charge in [-0.25, -0.2) is 0 Å². The van der Waals surface area contributed by atoms with Gasteiger partial charge >= 0.3 is 0 Å². The predicted molar refractivity (Wildman–Crippen MR) is 110 cm³/mol. The monoisotopic (exact) mass is 396 g/mol. The number of amides is 3. The third-order valence-corrected chi connectivity index (χ3v) is 5.82. The highest BCUT2D eigenvalue weighted by Crippen LogP contribution is 2.31. The molecule has 1 saturated heterocycles. The van der Waals surface area contributed by atoms with Gasteiger partial charge in [-0.05, 0) is 56.2 Å². The quantitative estimate of drug-likeness (QED) is 0.708. The van der Waals surface area contributed by atoms with E-state index in [9.17, 15) is 14.4 Å². The first-order chi connectivity index (χ1) is 13.4. The standard InChI is InChI=1S/C22H24N2O3S/c1-15-5-10-19(16(2)14-15)28-18-8-6-17(7-9-18)23-20(25)4-3-13-24-21(26)11-12-22(24)27/h5-10,14H,3-4,11-13H2,1-2H3,(H,23,25). The number of nitrogens with one attached hydrogen (secondary N) is 1. The van der Waals surface area contributed by atoms with E-state index in [4.69, 9.17) is 0 Å². The molecule has 1 fully saturated rings. The van der Waals surface area contributed by atoms with Gasteiger partial charge in [0.15, 0.2) is 0 Å². The Morgan fingerprint density at radius 3 is 2.36 bits per heavy atom. The average Bonchev–Trinajstić information content (AvgIpc) is 2.97. The van der Waals surface area contributed by atoms with Crippen LogP contribution in [0.5, 0.6) is 0 Å². The summed E-state index contributed by atoms with van der Waals surface area (Å²) in [7, 11) is 0. The van der Waals surface area contributed by atoms with Crippen LogP contribution in [0.2, 0.25) is 0 Å². The Morgan fingerprint density at radius 2 is 1.71 bits per heavy atom. The summed E-state index contributed by atoms with van der Waals surface area (Å²) in [6.07, 6.45) is 1.33. The molecule has 28 heavy (non-hydrogen) atoms. The molecule has 5 nitrogen and oxygen atoms in total. The number of benzene rings is 2. The minimum Gasteiger partial charge on any atom is -0.326 e. The van der Waals surface area contributed by atoms with E-state index in [1.165, 1.54) is 20.9 Å². The van der Waals surface area contributed by atoms with Crippen LogP contribution in [-0.2, 0) is 14.4 Å². The van der Waals surface area contributed by atoms with Gasteiger partial charge in [0.2, 0.25) is 17.7 Å². The Labute approximate surface area is 169 Å². The summed E-state index contributed by atoms with van der Waals surface area (Å²) in [6.45, 7) is 4.50. The molecule has 146 valence electrons. The molecule has 2 aromatic rings. The number of rotatable bonds is 7. The maximum absolute atomic E-state index is 12.1. The first-order valence-corrected chi connectivity index (χ1v) is 10.2. The number of nitrogens with zero attached hydrogens (tertiary/aromatic N) is 1. The van der Waals surface area contributed by atoms with E-state index in [1.54, 1.807) is 11.8 Å². The smallest absolute Gasteiger partial charge is 0.229 e. The van der Waals surface area contributed by atoms with E-state index in [0.29, 0.717) is 13.0 Å². The highest BCUT2D eigenvalue weighted by atomic mass is 32.2. The minimum atomic E-state index is -0.137. The van der Waals surface area contributed by atoms with E-state index in [-0.39, 0.29) is 37.0 Å². The maximum atomic E-state index is 12.1. The molecule has 0 spiro atoms. The molecule has 2 aromatic carbocycles. The maximum Gasteiger partial charge on any atom is 0.229 e. The Morgan fingerprint density at radius 1 is 1.04 bits per heavy atom. The van der Waals surface area contributed by atoms with Crippen molar-refractivity contribution in [2.24, 2.45) is 0 Å². The molecule has 3 rings (SSSR count). The number of carbonyl (C=O) groups is 3. The van der Waals surface area contributed by atoms with Crippen LogP contribution in [0, 0.1) is 13.8 Å². The van der Waals surface area contributed by atoms with Crippen molar-refractivity contribution in [3.8, 4) is 0 Å². The Hall–Kier alpha value is -2.60. The second-order valence-corrected chi connectivity index (χ2v) is 8.10. The largest absolute Gasteiger partial charge is 0.326 e. The summed E-state index contributed by atoms with van der Waals surface area (Å²) in [5.74, 6) is -0.390. The van der Waals surface area contributed by atoms with Crippen LogP contribution in [0.4, 0.5) is 5.69 Å². The Kier molecular flexibility index (Phi) is 6.52. The van der Waals surface area contributed by atoms with Gasteiger partial charge in [-0.3, -0.25) is 19.3 Å². The van der Waals surface area contributed by atoms with Crippen LogP contribution in [0.25, 0.3) is 0 Å². The summed E-state index contributed by atoms with van der Waals surface area (Å²) in [5.41, 5.74) is 3.24. The molecule has 0 radical (unpaired) electrons. The van der Waals surface area contributed by atoms with Gasteiger partial charge in [0.25, 0.3) is 0 Å². The van der Waals surface area contributed by atoms with Gasteiger partial charge in [0, 0.05) is 41.3 Å². The fraction of sp³-hybridized carbons (Fsp3) is 0.318. The number of anilines is 1. The molecule has 0 unspecified atom stereocenters. The van der Waals surface area contributed by atoms with Gasteiger partial charge in [0.05, 0.1) is 0 Å². The lowest BCUT2D eigenvalue weighted by atomic mass is 10.2. The zero-order valence-electron chi connectivity index (χ0n) is 16.2. The molecule has 0 bridgehead atoms. The van der Waals surface area contributed by atoms with Gasteiger partial charge in [-0.2, -0.15) is 0 Å². The van der Waals surface area contributed by atoms with Crippen LogP contribution in [0.3, 0.4) is 0 Å². The number of aryl methyl sites for hydroxylation is 2. The van der Waals surface area contributed by atoms with Crippen molar-refractivity contribution in [3.05, 3.63) is 53.6 Å². The summed E-state index contributed by atoms with van der Waals surface area (Å²) < 4.78 is 0. The molecular weight excluding hydrogens is 372 g/mol. The second-order valence-electron chi connectivity index (χ2n) is 6.99. The lowest BCUT2D eigenvalue weighted by molar-refractivity contribution is -0.138. The van der Waals surface area contributed by atoms with Crippen LogP contribution < -0.4 is 5.32 Å². The van der Waals surface area contributed by atoms with E-state index in [1.807, 2.05) is 24.3 Å². The van der Waals surface area contributed by atoms with E-state index >= 15 is 0 Å². The first-order valence-electron chi connectivity index (χ1n) is 9.40. The van der Waals surface area contributed by atoms with Crippen LogP contribution >= 0.6 is 11.8 Å². The van der Waals surface area contributed by atoms with Crippen molar-refractivity contribution in [1.29, 1.82) is 0 Å². The van der Waals surface area contributed by atoms with Crippen molar-refractivity contribution >= 4 is 35.2 Å². The van der Waals surface area contributed by atoms with Crippen LogP contribution in [0.15, 0.2) is 52.3 Å². The average molecular weight is 397 g/mol. The van der Waals surface area contributed by atoms with Gasteiger partial charge in [0.1, 0.15) is 0 Å². The third kappa shape index (κ3) is 5.23. The zero-order chi connectivity index (χ0) is 20.1. The lowest BCUT2D eigenvalue weighted by Gasteiger charge is -2.13. The van der Waals surface area contributed by atoms with Crippen molar-refractivity contribution in [1.82, 2.24) is 4.90 Å². The van der Waals surface area contributed by atoms with E-state index in [0.717, 1.165) is 10.6 Å². The molecule has 0 saturated carbocycles. The zero-order valence-corrected chi connectivity index (χ0v) is 17.0. The third-order valence-electron chi connectivity index (χ3n) is 4.64. The van der Waals surface area contributed by atoms with Gasteiger partial charge in [-0.15, -0.1) is 0 Å². The van der Waals surface area contributed by atoms with E-state index < -0.39 is 0 Å². The van der Waals surface area contributed by atoms with Crippen molar-refractivity contribution in [2.75, 3.05) is 11.9 Å². The summed E-state index contributed by atoms with van der Waals surface area (Å²) >= 11 is 1.70. The topological polar surface area (TPSA) is 66.5 Å². The molecule has 0 aliphatic carbocycles. The fourth-order valence-electron chi connectivity index (χ4n) is 3.14. The highest BCUT2D eigenvalue weighted by molar-refractivity contribution is 7.99. The van der Waals surface area contributed by atoms with Crippen LogP contribution in [-0.4, -0.2) is 29.2 Å². The SMILES string of the molecule is Cc1ccc(Sc2ccc(NC(=O)CCCN3C(=O)CCC3=O)cc2)c(C)c1. The number of hydrogen-bond acceptors (Lipinski definition) is 4. The van der Waals surface area contributed by atoms with Crippen LogP contribution in [0.1, 0.15) is 36.8 Å². The van der Waals surface area contributed by atoms with Gasteiger partial charge in [-0.1, -0.05) is 29.5 Å². The minimum absolute atomic E-state index is 0.117.